The van der Waals surface area contributed by atoms with Gasteiger partial charge in [0.2, 0.25) is 5.91 Å². The molecule has 108 valence electrons. The molecule has 0 aliphatic carbocycles. The second-order valence-electron chi connectivity index (χ2n) is 5.74. The SMILES string of the molecule is Cc1ccc(C(Cl)c2ccc3c(c2)CC(=O)N3C)c(C)c1. The number of carbonyl (C=O) groups excluding carboxylic acids is 1. The van der Waals surface area contributed by atoms with Crippen LogP contribution in [0.4, 0.5) is 5.69 Å². The van der Waals surface area contributed by atoms with Crippen molar-refractivity contribution in [1.29, 1.82) is 0 Å². The molecule has 1 atom stereocenters. The molecule has 2 aromatic carbocycles. The Kier molecular flexibility index (Phi) is 3.50. The Balaban J connectivity index is 1.98. The first kappa shape index (κ1) is 14.2. The molecule has 2 nitrogen and oxygen atoms in total. The summed E-state index contributed by atoms with van der Waals surface area (Å²) in [4.78, 5) is 13.5. The first-order valence-electron chi connectivity index (χ1n) is 7.08. The van der Waals surface area contributed by atoms with Gasteiger partial charge < -0.3 is 4.90 Å². The van der Waals surface area contributed by atoms with Gasteiger partial charge in [-0.05, 0) is 42.2 Å². The van der Waals surface area contributed by atoms with Crippen LogP contribution in [0, 0.1) is 13.8 Å². The molecule has 0 saturated heterocycles. The molecule has 0 fully saturated rings. The fourth-order valence-corrected chi connectivity index (χ4v) is 3.32. The van der Waals surface area contributed by atoms with Crippen molar-refractivity contribution in [3.05, 3.63) is 64.2 Å². The third-order valence-electron chi connectivity index (χ3n) is 4.17. The highest BCUT2D eigenvalue weighted by Gasteiger charge is 2.25. The molecule has 1 unspecified atom stereocenters. The van der Waals surface area contributed by atoms with Crippen LogP contribution in [0.1, 0.15) is 33.2 Å². The lowest BCUT2D eigenvalue weighted by Crippen LogP contribution is -2.20. The second-order valence-corrected chi connectivity index (χ2v) is 6.18. The quantitative estimate of drug-likeness (QED) is 0.763. The van der Waals surface area contributed by atoms with Crippen LogP contribution in [0.2, 0.25) is 0 Å². The van der Waals surface area contributed by atoms with E-state index in [1.165, 1.54) is 11.1 Å². The van der Waals surface area contributed by atoms with Gasteiger partial charge in [0.25, 0.3) is 0 Å². The van der Waals surface area contributed by atoms with Crippen LogP contribution in [0.25, 0.3) is 0 Å². The van der Waals surface area contributed by atoms with E-state index in [9.17, 15) is 4.79 Å². The molecule has 0 saturated carbocycles. The topological polar surface area (TPSA) is 20.3 Å². The Morgan fingerprint density at radius 2 is 1.90 bits per heavy atom. The van der Waals surface area contributed by atoms with Gasteiger partial charge >= 0.3 is 0 Å². The van der Waals surface area contributed by atoms with E-state index in [0.29, 0.717) is 6.42 Å². The summed E-state index contributed by atoms with van der Waals surface area (Å²) in [6, 6.07) is 12.4. The normalized spacial score (nSPS) is 15.2. The Morgan fingerprint density at radius 1 is 1.14 bits per heavy atom. The number of amides is 1. The Bertz CT molecular complexity index is 723. The van der Waals surface area contributed by atoms with E-state index in [-0.39, 0.29) is 11.3 Å². The largest absolute Gasteiger partial charge is 0.315 e. The average Bonchev–Trinajstić information content (AvgIpc) is 2.73. The van der Waals surface area contributed by atoms with Gasteiger partial charge in [-0.15, -0.1) is 11.6 Å². The number of nitrogens with zero attached hydrogens (tertiary/aromatic N) is 1. The monoisotopic (exact) mass is 299 g/mol. The zero-order chi connectivity index (χ0) is 15.1. The van der Waals surface area contributed by atoms with Crippen molar-refractivity contribution in [2.75, 3.05) is 11.9 Å². The van der Waals surface area contributed by atoms with Gasteiger partial charge in [-0.1, -0.05) is 35.9 Å². The zero-order valence-corrected chi connectivity index (χ0v) is 13.2. The summed E-state index contributed by atoms with van der Waals surface area (Å²) in [5, 5.41) is -0.183. The molecule has 0 aromatic heterocycles. The predicted molar refractivity (Wildman–Crippen MR) is 87.2 cm³/mol. The van der Waals surface area contributed by atoms with Gasteiger partial charge in [0.05, 0.1) is 11.8 Å². The van der Waals surface area contributed by atoms with Gasteiger partial charge in [0, 0.05) is 12.7 Å². The summed E-state index contributed by atoms with van der Waals surface area (Å²) in [5.41, 5.74) is 6.67. The van der Waals surface area contributed by atoms with Crippen molar-refractivity contribution < 1.29 is 4.79 Å². The highest BCUT2D eigenvalue weighted by molar-refractivity contribution is 6.22. The number of aryl methyl sites for hydroxylation is 2. The first-order chi connectivity index (χ1) is 9.97. The number of alkyl halides is 1. The van der Waals surface area contributed by atoms with Gasteiger partial charge in [-0.2, -0.15) is 0 Å². The Labute approximate surface area is 130 Å². The van der Waals surface area contributed by atoms with E-state index in [1.807, 2.05) is 19.2 Å². The number of anilines is 1. The van der Waals surface area contributed by atoms with Crippen LogP contribution in [-0.2, 0) is 11.2 Å². The van der Waals surface area contributed by atoms with Gasteiger partial charge in [0.1, 0.15) is 0 Å². The van der Waals surface area contributed by atoms with Crippen LogP contribution < -0.4 is 4.90 Å². The van der Waals surface area contributed by atoms with Crippen molar-refractivity contribution >= 4 is 23.2 Å². The van der Waals surface area contributed by atoms with Crippen molar-refractivity contribution in [2.45, 2.75) is 25.6 Å². The summed E-state index contributed by atoms with van der Waals surface area (Å²) in [6.07, 6.45) is 0.468. The minimum Gasteiger partial charge on any atom is -0.315 e. The van der Waals surface area contributed by atoms with Crippen molar-refractivity contribution in [3.8, 4) is 0 Å². The molecule has 3 heteroatoms. The van der Waals surface area contributed by atoms with Crippen LogP contribution in [0.5, 0.6) is 0 Å². The number of hydrogen-bond acceptors (Lipinski definition) is 1. The standard InChI is InChI=1S/C18H18ClNO/c1-11-4-6-15(12(2)8-11)18(19)13-5-7-16-14(9-13)10-17(21)20(16)3/h4-9,18H,10H2,1-3H3. The number of carbonyl (C=O) groups is 1. The molecule has 2 aromatic rings. The molecule has 21 heavy (non-hydrogen) atoms. The molecule has 0 N–H and O–H groups in total. The van der Waals surface area contributed by atoms with Crippen molar-refractivity contribution in [2.24, 2.45) is 0 Å². The molecule has 3 rings (SSSR count). The van der Waals surface area contributed by atoms with E-state index in [1.54, 1.807) is 4.90 Å². The summed E-state index contributed by atoms with van der Waals surface area (Å²) >= 11 is 6.67. The summed E-state index contributed by atoms with van der Waals surface area (Å²) in [7, 11) is 1.82. The molecule has 0 bridgehead atoms. The van der Waals surface area contributed by atoms with E-state index in [4.69, 9.17) is 11.6 Å². The van der Waals surface area contributed by atoms with E-state index >= 15 is 0 Å². The molecule has 0 spiro atoms. The van der Waals surface area contributed by atoms with Gasteiger partial charge in [-0.25, -0.2) is 0 Å². The maximum atomic E-state index is 11.8. The minimum atomic E-state index is -0.183. The second kappa shape index (κ2) is 5.19. The smallest absolute Gasteiger partial charge is 0.231 e. The summed E-state index contributed by atoms with van der Waals surface area (Å²) in [5.74, 6) is 0.139. The number of fused-ring (bicyclic) bond motifs is 1. The molecule has 1 amide bonds. The van der Waals surface area contributed by atoms with E-state index in [0.717, 1.165) is 22.4 Å². The number of hydrogen-bond donors (Lipinski definition) is 0. The van der Waals surface area contributed by atoms with Gasteiger partial charge in [-0.3, -0.25) is 4.79 Å². The van der Waals surface area contributed by atoms with Crippen LogP contribution >= 0.6 is 11.6 Å². The van der Waals surface area contributed by atoms with Crippen LogP contribution in [-0.4, -0.2) is 13.0 Å². The molecular weight excluding hydrogens is 282 g/mol. The minimum absolute atomic E-state index is 0.139. The molecule has 1 heterocycles. The average molecular weight is 300 g/mol. The number of rotatable bonds is 2. The summed E-state index contributed by atoms with van der Waals surface area (Å²) < 4.78 is 0. The molecule has 1 aliphatic heterocycles. The maximum Gasteiger partial charge on any atom is 0.231 e. The third kappa shape index (κ3) is 2.44. The molecular formula is C18H18ClNO. The first-order valence-corrected chi connectivity index (χ1v) is 7.51. The third-order valence-corrected chi connectivity index (χ3v) is 4.66. The van der Waals surface area contributed by atoms with E-state index in [2.05, 4.69) is 38.1 Å². The maximum absolute atomic E-state index is 11.8. The van der Waals surface area contributed by atoms with Crippen molar-refractivity contribution in [3.63, 3.8) is 0 Å². The van der Waals surface area contributed by atoms with Crippen molar-refractivity contribution in [1.82, 2.24) is 0 Å². The zero-order valence-electron chi connectivity index (χ0n) is 12.5. The lowest BCUT2D eigenvalue weighted by molar-refractivity contribution is -0.117. The van der Waals surface area contributed by atoms with E-state index < -0.39 is 0 Å². The molecule has 1 aliphatic rings. The van der Waals surface area contributed by atoms with Crippen LogP contribution in [0.3, 0.4) is 0 Å². The number of benzene rings is 2. The molecule has 0 radical (unpaired) electrons. The lowest BCUT2D eigenvalue weighted by atomic mass is 9.97. The fourth-order valence-electron chi connectivity index (χ4n) is 2.94. The Morgan fingerprint density at radius 3 is 2.62 bits per heavy atom. The predicted octanol–water partition coefficient (Wildman–Crippen LogP) is 4.15. The Hall–Kier alpha value is -1.80. The van der Waals surface area contributed by atoms with Crippen LogP contribution in [0.15, 0.2) is 36.4 Å². The lowest BCUT2D eigenvalue weighted by Gasteiger charge is -2.16. The number of halogens is 1. The summed E-state index contributed by atoms with van der Waals surface area (Å²) in [6.45, 7) is 4.17. The number of likely N-dealkylation sites (N-methyl/N-ethyl adjacent to an activating group) is 1. The highest BCUT2D eigenvalue weighted by atomic mass is 35.5. The van der Waals surface area contributed by atoms with Gasteiger partial charge in [0.15, 0.2) is 0 Å². The highest BCUT2D eigenvalue weighted by Crippen LogP contribution is 2.36. The fraction of sp³-hybridized carbons (Fsp3) is 0.278.